The van der Waals surface area contributed by atoms with Crippen LogP contribution in [0.3, 0.4) is 0 Å². The van der Waals surface area contributed by atoms with Crippen LogP contribution in [-0.2, 0) is 0 Å². The molecule has 2 saturated heterocycles. The smallest absolute Gasteiger partial charge is 0.274 e. The van der Waals surface area contributed by atoms with Crippen LogP contribution >= 0.6 is 0 Å². The molecular weight excluding hydrogens is 524 g/mol. The first-order valence-electron chi connectivity index (χ1n) is 12.7. The standard InChI is InChI=1S/C29H24F4N6O/c1-18-29(38(17-35-18)21-6-4-20(30)5-7-21)8-11-37(12-9-29)28(40)25-15-26(19-3-2-10-34-16-19)39(36-25)22-13-23(31)27(33)24(32)14-22/h2-7,10,13-16,35H,1,8-9,11-12,17H2. The van der Waals surface area contributed by atoms with E-state index >= 15 is 0 Å². The number of nitrogens with one attached hydrogen (secondary N) is 1. The number of anilines is 1. The Morgan fingerprint density at radius 1 is 0.950 bits per heavy atom. The van der Waals surface area contributed by atoms with Crippen molar-refractivity contribution >= 4 is 11.6 Å². The maximum absolute atomic E-state index is 14.1. The summed E-state index contributed by atoms with van der Waals surface area (Å²) in [6.07, 6.45) is 4.25. The molecular formula is C29H24F4N6O. The van der Waals surface area contributed by atoms with Crippen LogP contribution in [-0.4, -0.2) is 50.9 Å². The number of halogens is 4. The lowest BCUT2D eigenvalue weighted by molar-refractivity contribution is 0.0682. The second-order valence-electron chi connectivity index (χ2n) is 9.83. The first kappa shape index (κ1) is 25.6. The molecule has 0 radical (unpaired) electrons. The number of piperidine rings is 1. The summed E-state index contributed by atoms with van der Waals surface area (Å²) in [6, 6.07) is 12.9. The molecule has 2 aromatic heterocycles. The zero-order valence-corrected chi connectivity index (χ0v) is 21.2. The van der Waals surface area contributed by atoms with Crippen LogP contribution in [0, 0.1) is 23.3 Å². The summed E-state index contributed by atoms with van der Waals surface area (Å²) in [5, 5.41) is 7.69. The lowest BCUT2D eigenvalue weighted by Crippen LogP contribution is -2.54. The number of nitrogens with zero attached hydrogens (tertiary/aromatic N) is 5. The molecule has 0 atom stereocenters. The van der Waals surface area contributed by atoms with Gasteiger partial charge in [-0.3, -0.25) is 9.78 Å². The van der Waals surface area contributed by atoms with Crippen molar-refractivity contribution in [1.29, 1.82) is 0 Å². The molecule has 4 aromatic rings. The van der Waals surface area contributed by atoms with E-state index in [1.165, 1.54) is 29.1 Å². The fourth-order valence-corrected chi connectivity index (χ4v) is 5.49. The van der Waals surface area contributed by atoms with E-state index in [2.05, 4.69) is 26.9 Å². The molecule has 1 spiro atoms. The van der Waals surface area contributed by atoms with E-state index < -0.39 is 23.0 Å². The fourth-order valence-electron chi connectivity index (χ4n) is 5.49. The van der Waals surface area contributed by atoms with Crippen LogP contribution in [0.1, 0.15) is 23.3 Å². The molecule has 204 valence electrons. The molecule has 1 N–H and O–H groups in total. The Bertz CT molecular complexity index is 1570. The molecule has 6 rings (SSSR count). The van der Waals surface area contributed by atoms with E-state index in [1.54, 1.807) is 35.4 Å². The number of pyridine rings is 1. The molecule has 2 fully saturated rings. The van der Waals surface area contributed by atoms with Gasteiger partial charge in [-0.15, -0.1) is 0 Å². The molecule has 0 bridgehead atoms. The van der Waals surface area contributed by atoms with Crippen molar-refractivity contribution < 1.29 is 22.4 Å². The van der Waals surface area contributed by atoms with Gasteiger partial charge in [-0.25, -0.2) is 22.2 Å². The highest BCUT2D eigenvalue weighted by Crippen LogP contribution is 2.40. The average Bonchev–Trinajstić information content (AvgIpc) is 3.55. The van der Waals surface area contributed by atoms with Crippen molar-refractivity contribution in [3.8, 4) is 16.9 Å². The SMILES string of the molecule is C=C1NCN(c2ccc(F)cc2)C12CCN(C(=O)c1cc(-c3cccnc3)n(-c3cc(F)c(F)c(F)c3)n1)CC2. The zero-order valence-electron chi connectivity index (χ0n) is 21.2. The number of benzene rings is 2. The van der Waals surface area contributed by atoms with Gasteiger partial charge in [0.1, 0.15) is 5.82 Å². The number of amides is 1. The molecule has 0 aliphatic carbocycles. The molecule has 11 heteroatoms. The first-order valence-corrected chi connectivity index (χ1v) is 12.7. The number of carbonyl (C=O) groups is 1. The molecule has 7 nitrogen and oxygen atoms in total. The average molecular weight is 549 g/mol. The highest BCUT2D eigenvalue weighted by molar-refractivity contribution is 5.93. The Morgan fingerprint density at radius 3 is 2.30 bits per heavy atom. The van der Waals surface area contributed by atoms with Gasteiger partial charge in [0.05, 0.1) is 23.6 Å². The third kappa shape index (κ3) is 4.27. The summed E-state index contributed by atoms with van der Waals surface area (Å²) in [5.41, 5.74) is 2.16. The lowest BCUT2D eigenvalue weighted by Gasteiger charge is -2.45. The summed E-state index contributed by atoms with van der Waals surface area (Å²) in [5.74, 6) is -5.00. The number of aromatic nitrogens is 3. The number of likely N-dealkylation sites (tertiary alicyclic amines) is 1. The predicted molar refractivity (Wildman–Crippen MR) is 141 cm³/mol. The topological polar surface area (TPSA) is 66.3 Å². The summed E-state index contributed by atoms with van der Waals surface area (Å²) in [4.78, 5) is 21.5. The summed E-state index contributed by atoms with van der Waals surface area (Å²) in [7, 11) is 0. The number of rotatable bonds is 4. The summed E-state index contributed by atoms with van der Waals surface area (Å²) in [6.45, 7) is 5.52. The van der Waals surface area contributed by atoms with Gasteiger partial charge in [0, 0.05) is 54.6 Å². The van der Waals surface area contributed by atoms with Crippen LogP contribution in [0.4, 0.5) is 23.2 Å². The van der Waals surface area contributed by atoms with Gasteiger partial charge in [0.25, 0.3) is 5.91 Å². The number of hydrogen-bond donors (Lipinski definition) is 1. The highest BCUT2D eigenvalue weighted by atomic mass is 19.2. The maximum Gasteiger partial charge on any atom is 0.274 e. The largest absolute Gasteiger partial charge is 0.370 e. The monoisotopic (exact) mass is 548 g/mol. The van der Waals surface area contributed by atoms with Crippen molar-refractivity contribution in [2.75, 3.05) is 24.7 Å². The van der Waals surface area contributed by atoms with Gasteiger partial charge in [-0.2, -0.15) is 5.10 Å². The van der Waals surface area contributed by atoms with Gasteiger partial charge < -0.3 is 15.1 Å². The van der Waals surface area contributed by atoms with E-state index in [-0.39, 0.29) is 23.1 Å². The second-order valence-corrected chi connectivity index (χ2v) is 9.83. The van der Waals surface area contributed by atoms with Crippen LogP contribution in [0.2, 0.25) is 0 Å². The quantitative estimate of drug-likeness (QED) is 0.286. The summed E-state index contributed by atoms with van der Waals surface area (Å²) < 4.78 is 56.6. The van der Waals surface area contributed by atoms with Crippen molar-refractivity contribution in [3.63, 3.8) is 0 Å². The fraction of sp³-hybridized carbons (Fsp3) is 0.207. The summed E-state index contributed by atoms with van der Waals surface area (Å²) >= 11 is 0. The molecule has 2 aromatic carbocycles. The van der Waals surface area contributed by atoms with Gasteiger partial charge in [0.15, 0.2) is 23.1 Å². The Balaban J connectivity index is 1.29. The zero-order chi connectivity index (χ0) is 28.0. The van der Waals surface area contributed by atoms with Crippen molar-refractivity contribution in [2.45, 2.75) is 18.4 Å². The molecule has 4 heterocycles. The Kier molecular flexibility index (Phi) is 6.28. The Morgan fingerprint density at radius 2 is 1.65 bits per heavy atom. The minimum absolute atomic E-state index is 0.0682. The van der Waals surface area contributed by atoms with E-state index in [9.17, 15) is 22.4 Å². The molecule has 2 aliphatic rings. The van der Waals surface area contributed by atoms with E-state index in [4.69, 9.17) is 0 Å². The van der Waals surface area contributed by atoms with Crippen molar-refractivity contribution in [2.24, 2.45) is 0 Å². The Hall–Kier alpha value is -4.67. The molecule has 1 amide bonds. The third-order valence-electron chi connectivity index (χ3n) is 7.64. The molecule has 0 unspecified atom stereocenters. The van der Waals surface area contributed by atoms with E-state index in [0.29, 0.717) is 43.9 Å². The Labute approximate surface area is 227 Å². The van der Waals surface area contributed by atoms with Gasteiger partial charge >= 0.3 is 0 Å². The van der Waals surface area contributed by atoms with E-state index in [1.807, 2.05) is 0 Å². The first-order chi connectivity index (χ1) is 19.3. The third-order valence-corrected chi connectivity index (χ3v) is 7.64. The van der Waals surface area contributed by atoms with Gasteiger partial charge in [-0.05, 0) is 55.3 Å². The van der Waals surface area contributed by atoms with Crippen LogP contribution in [0.15, 0.2) is 79.3 Å². The van der Waals surface area contributed by atoms with Crippen LogP contribution < -0.4 is 10.2 Å². The van der Waals surface area contributed by atoms with Crippen molar-refractivity contribution in [3.05, 3.63) is 108 Å². The highest BCUT2D eigenvalue weighted by Gasteiger charge is 2.47. The van der Waals surface area contributed by atoms with Gasteiger partial charge in [-0.1, -0.05) is 6.58 Å². The second kappa shape index (κ2) is 9.82. The number of carbonyl (C=O) groups excluding carboxylic acids is 1. The minimum atomic E-state index is -1.59. The maximum atomic E-state index is 14.1. The molecule has 40 heavy (non-hydrogen) atoms. The number of hydrogen-bond acceptors (Lipinski definition) is 5. The van der Waals surface area contributed by atoms with E-state index in [0.717, 1.165) is 23.5 Å². The predicted octanol–water partition coefficient (Wildman–Crippen LogP) is 5.05. The lowest BCUT2D eigenvalue weighted by atomic mass is 9.84. The van der Waals surface area contributed by atoms with Gasteiger partial charge in [0.2, 0.25) is 0 Å². The van der Waals surface area contributed by atoms with Crippen LogP contribution in [0.25, 0.3) is 16.9 Å². The van der Waals surface area contributed by atoms with Crippen molar-refractivity contribution in [1.82, 2.24) is 25.0 Å². The van der Waals surface area contributed by atoms with Crippen LogP contribution in [0.5, 0.6) is 0 Å². The molecule has 2 aliphatic heterocycles. The minimum Gasteiger partial charge on any atom is -0.370 e. The normalized spacial score (nSPS) is 16.4. The molecule has 0 saturated carbocycles.